The largest absolute Gasteiger partial charge is 0.420 e. The summed E-state index contributed by atoms with van der Waals surface area (Å²) in [6.45, 7) is 0. The standard InChI is InChI=1S/C19H12ClN5O2S/c20-12-7-5-11(6-8-12)17-23-22-16(26-17)10-28-19-25-24-18(27-19)14-9-21-15-4-2-1-3-13(14)15/h1-9,21H,10H2. The van der Waals surface area contributed by atoms with E-state index in [1.165, 1.54) is 11.8 Å². The molecule has 0 bridgehead atoms. The fraction of sp³-hybridized carbons (Fsp3) is 0.0526. The van der Waals surface area contributed by atoms with Gasteiger partial charge in [-0.25, -0.2) is 0 Å². The number of aromatic amines is 1. The predicted molar refractivity (Wildman–Crippen MR) is 106 cm³/mol. The van der Waals surface area contributed by atoms with Gasteiger partial charge in [0, 0.05) is 27.7 Å². The third-order valence-electron chi connectivity index (χ3n) is 4.10. The number of para-hydroxylation sites is 1. The Morgan fingerprint density at radius 3 is 2.61 bits per heavy atom. The highest BCUT2D eigenvalue weighted by molar-refractivity contribution is 7.98. The van der Waals surface area contributed by atoms with Crippen LogP contribution in [0.4, 0.5) is 0 Å². The van der Waals surface area contributed by atoms with Crippen LogP contribution in [-0.4, -0.2) is 25.4 Å². The maximum atomic E-state index is 5.90. The molecule has 5 aromatic rings. The number of hydrogen-bond acceptors (Lipinski definition) is 7. The van der Waals surface area contributed by atoms with Gasteiger partial charge in [0.15, 0.2) is 0 Å². The number of aromatic nitrogens is 5. The summed E-state index contributed by atoms with van der Waals surface area (Å²) in [6.07, 6.45) is 1.86. The summed E-state index contributed by atoms with van der Waals surface area (Å²) < 4.78 is 11.5. The van der Waals surface area contributed by atoms with Gasteiger partial charge in [0.25, 0.3) is 11.1 Å². The van der Waals surface area contributed by atoms with E-state index in [9.17, 15) is 0 Å². The molecule has 28 heavy (non-hydrogen) atoms. The highest BCUT2D eigenvalue weighted by Gasteiger charge is 2.15. The monoisotopic (exact) mass is 409 g/mol. The number of rotatable bonds is 5. The lowest BCUT2D eigenvalue weighted by Gasteiger charge is -1.94. The molecular formula is C19H12ClN5O2S. The third kappa shape index (κ3) is 3.28. The first-order valence-electron chi connectivity index (χ1n) is 8.37. The Labute approximate surface area is 168 Å². The minimum Gasteiger partial charge on any atom is -0.420 e. The molecule has 138 valence electrons. The van der Waals surface area contributed by atoms with Gasteiger partial charge in [-0.3, -0.25) is 0 Å². The smallest absolute Gasteiger partial charge is 0.277 e. The van der Waals surface area contributed by atoms with Gasteiger partial charge in [-0.2, -0.15) is 0 Å². The molecule has 1 N–H and O–H groups in total. The summed E-state index contributed by atoms with van der Waals surface area (Å²) in [4.78, 5) is 3.20. The van der Waals surface area contributed by atoms with Gasteiger partial charge in [-0.15, -0.1) is 20.4 Å². The Bertz CT molecular complexity index is 1240. The second kappa shape index (κ2) is 7.14. The highest BCUT2D eigenvalue weighted by atomic mass is 35.5. The molecule has 7 nitrogen and oxygen atoms in total. The molecular weight excluding hydrogens is 398 g/mol. The first-order valence-corrected chi connectivity index (χ1v) is 9.74. The summed E-state index contributed by atoms with van der Waals surface area (Å²) >= 11 is 7.24. The van der Waals surface area contributed by atoms with Gasteiger partial charge >= 0.3 is 0 Å². The Balaban J connectivity index is 1.30. The molecule has 0 fully saturated rings. The summed E-state index contributed by atoms with van der Waals surface area (Å²) in [7, 11) is 0. The lowest BCUT2D eigenvalue weighted by atomic mass is 10.2. The van der Waals surface area contributed by atoms with Gasteiger partial charge in [-0.05, 0) is 30.3 Å². The van der Waals surface area contributed by atoms with E-state index >= 15 is 0 Å². The van der Waals surface area contributed by atoms with Crippen molar-refractivity contribution in [2.45, 2.75) is 11.0 Å². The number of thioether (sulfide) groups is 1. The van der Waals surface area contributed by atoms with Crippen molar-refractivity contribution in [1.82, 2.24) is 25.4 Å². The zero-order chi connectivity index (χ0) is 18.9. The molecule has 3 aromatic heterocycles. The van der Waals surface area contributed by atoms with Crippen molar-refractivity contribution < 1.29 is 8.83 Å². The van der Waals surface area contributed by atoms with E-state index in [-0.39, 0.29) is 0 Å². The molecule has 0 aliphatic heterocycles. The molecule has 5 rings (SSSR count). The van der Waals surface area contributed by atoms with Crippen LogP contribution in [0.3, 0.4) is 0 Å². The Morgan fingerprint density at radius 1 is 0.893 bits per heavy atom. The first kappa shape index (κ1) is 17.0. The van der Waals surface area contributed by atoms with Crippen LogP contribution in [0, 0.1) is 0 Å². The zero-order valence-electron chi connectivity index (χ0n) is 14.3. The molecule has 0 unspecified atom stereocenters. The number of benzene rings is 2. The van der Waals surface area contributed by atoms with Crippen LogP contribution in [-0.2, 0) is 5.75 Å². The lowest BCUT2D eigenvalue weighted by molar-refractivity contribution is 0.464. The average molecular weight is 410 g/mol. The van der Waals surface area contributed by atoms with Gasteiger partial charge in [-0.1, -0.05) is 41.6 Å². The van der Waals surface area contributed by atoms with Gasteiger partial charge < -0.3 is 13.8 Å². The molecule has 0 spiro atoms. The number of halogens is 1. The number of nitrogens with one attached hydrogen (secondary N) is 1. The first-order chi connectivity index (χ1) is 13.8. The van der Waals surface area contributed by atoms with E-state index in [4.69, 9.17) is 20.4 Å². The quantitative estimate of drug-likeness (QED) is 0.398. The van der Waals surface area contributed by atoms with Crippen LogP contribution >= 0.6 is 23.4 Å². The molecule has 9 heteroatoms. The van der Waals surface area contributed by atoms with Gasteiger partial charge in [0.05, 0.1) is 11.3 Å². The lowest BCUT2D eigenvalue weighted by Crippen LogP contribution is -1.80. The third-order valence-corrected chi connectivity index (χ3v) is 5.16. The van der Waals surface area contributed by atoms with Gasteiger partial charge in [0.2, 0.25) is 11.8 Å². The Morgan fingerprint density at radius 2 is 1.71 bits per heavy atom. The summed E-state index contributed by atoms with van der Waals surface area (Å²) in [6, 6.07) is 15.2. The zero-order valence-corrected chi connectivity index (χ0v) is 15.9. The second-order valence-corrected chi connectivity index (χ2v) is 7.28. The van der Waals surface area contributed by atoms with Crippen LogP contribution < -0.4 is 0 Å². The number of H-pyrrole nitrogens is 1. The van der Waals surface area contributed by atoms with E-state index in [0.717, 1.165) is 22.0 Å². The van der Waals surface area contributed by atoms with Crippen molar-refractivity contribution in [3.63, 3.8) is 0 Å². The molecule has 3 heterocycles. The minimum atomic E-state index is 0.427. The van der Waals surface area contributed by atoms with Crippen LogP contribution in [0.25, 0.3) is 33.8 Å². The maximum Gasteiger partial charge on any atom is 0.277 e. The molecule has 0 aliphatic rings. The SMILES string of the molecule is Clc1ccc(-c2nnc(CSc3nnc(-c4c[nH]c5ccccc45)o3)o2)cc1. The summed E-state index contributed by atoms with van der Waals surface area (Å²) in [5.41, 5.74) is 2.70. The fourth-order valence-corrected chi connectivity index (χ4v) is 3.50. The normalized spacial score (nSPS) is 11.3. The second-order valence-electron chi connectivity index (χ2n) is 5.92. The van der Waals surface area contributed by atoms with Crippen LogP contribution in [0.15, 0.2) is 68.8 Å². The van der Waals surface area contributed by atoms with Crippen molar-refractivity contribution in [2.24, 2.45) is 0 Å². The summed E-state index contributed by atoms with van der Waals surface area (Å²) in [5, 5.41) is 18.5. The fourth-order valence-electron chi connectivity index (χ4n) is 2.77. The van der Waals surface area contributed by atoms with Crippen LogP contribution in [0.2, 0.25) is 5.02 Å². The average Bonchev–Trinajstić information content (AvgIpc) is 3.46. The number of nitrogens with zero attached hydrogens (tertiary/aromatic N) is 4. The van der Waals surface area contributed by atoms with E-state index in [1.807, 2.05) is 42.6 Å². The number of fused-ring (bicyclic) bond motifs is 1. The highest BCUT2D eigenvalue weighted by Crippen LogP contribution is 2.30. The molecule has 0 radical (unpaired) electrons. The van der Waals surface area contributed by atoms with E-state index in [2.05, 4.69) is 25.4 Å². The predicted octanol–water partition coefficient (Wildman–Crippen LogP) is 5.21. The molecule has 0 atom stereocenters. The van der Waals surface area contributed by atoms with Crippen molar-refractivity contribution >= 4 is 34.3 Å². The molecule has 2 aromatic carbocycles. The van der Waals surface area contributed by atoms with Gasteiger partial charge in [0.1, 0.15) is 0 Å². The molecule has 0 aliphatic carbocycles. The Hall–Kier alpha value is -3.10. The minimum absolute atomic E-state index is 0.427. The molecule has 0 amide bonds. The summed E-state index contributed by atoms with van der Waals surface area (Å²) in [5.74, 6) is 1.81. The van der Waals surface area contributed by atoms with Crippen molar-refractivity contribution in [2.75, 3.05) is 0 Å². The maximum absolute atomic E-state index is 5.90. The van der Waals surface area contributed by atoms with Crippen LogP contribution in [0.5, 0.6) is 0 Å². The van der Waals surface area contributed by atoms with Crippen molar-refractivity contribution in [3.05, 3.63) is 65.6 Å². The molecule has 0 saturated carbocycles. The van der Waals surface area contributed by atoms with Crippen LogP contribution in [0.1, 0.15) is 5.89 Å². The number of hydrogen-bond donors (Lipinski definition) is 1. The van der Waals surface area contributed by atoms with E-state index in [1.54, 1.807) is 12.1 Å². The topological polar surface area (TPSA) is 93.6 Å². The van der Waals surface area contributed by atoms with Crippen molar-refractivity contribution in [1.29, 1.82) is 0 Å². The van der Waals surface area contributed by atoms with Crippen molar-refractivity contribution in [3.8, 4) is 22.9 Å². The molecule has 0 saturated heterocycles. The van der Waals surface area contributed by atoms with E-state index in [0.29, 0.717) is 33.7 Å². The Kier molecular flexibility index (Phi) is 4.34. The van der Waals surface area contributed by atoms with E-state index < -0.39 is 0 Å².